The van der Waals surface area contributed by atoms with E-state index >= 15 is 0 Å². The summed E-state index contributed by atoms with van der Waals surface area (Å²) >= 11 is 0.679. The van der Waals surface area contributed by atoms with Crippen molar-refractivity contribution in [3.8, 4) is 0 Å². The Morgan fingerprint density at radius 1 is 1.13 bits per heavy atom. The third-order valence-electron chi connectivity index (χ3n) is 4.47. The number of para-hydroxylation sites is 1. The highest BCUT2D eigenvalue weighted by Gasteiger charge is 2.36. The van der Waals surface area contributed by atoms with Gasteiger partial charge in [0.2, 0.25) is 5.91 Å². The Balaban J connectivity index is 1.53. The van der Waals surface area contributed by atoms with Gasteiger partial charge in [-0.25, -0.2) is 0 Å². The van der Waals surface area contributed by atoms with Crippen LogP contribution < -0.4 is 10.7 Å². The molecule has 0 atom stereocenters. The third kappa shape index (κ3) is 3.90. The van der Waals surface area contributed by atoms with E-state index < -0.39 is 23.6 Å². The van der Waals surface area contributed by atoms with Crippen LogP contribution in [0, 0.1) is 6.92 Å². The Bertz CT molecular complexity index is 1280. The zero-order valence-electron chi connectivity index (χ0n) is 15.9. The van der Waals surface area contributed by atoms with Gasteiger partial charge in [-0.3, -0.25) is 24.1 Å². The predicted octanol–water partition coefficient (Wildman–Crippen LogP) is 3.78. The molecule has 1 aliphatic heterocycles. The molecule has 0 radical (unpaired) electrons. The fourth-order valence-electron chi connectivity index (χ4n) is 3.04. The molecule has 8 heteroatoms. The van der Waals surface area contributed by atoms with Crippen molar-refractivity contribution in [1.82, 2.24) is 4.90 Å². The number of amides is 3. The number of rotatable bonds is 4. The number of carbonyl (C=O) groups is 3. The number of aryl methyl sites for hydroxylation is 1. The number of fused-ring (bicyclic) bond motifs is 1. The van der Waals surface area contributed by atoms with Crippen LogP contribution >= 0.6 is 11.8 Å². The molecule has 150 valence electrons. The molecule has 30 heavy (non-hydrogen) atoms. The van der Waals surface area contributed by atoms with Gasteiger partial charge in [0.1, 0.15) is 18.4 Å². The van der Waals surface area contributed by atoms with Crippen molar-refractivity contribution in [3.05, 3.63) is 81.0 Å². The third-order valence-corrected chi connectivity index (χ3v) is 5.38. The summed E-state index contributed by atoms with van der Waals surface area (Å²) in [7, 11) is 0. The number of thioether (sulfide) groups is 1. The number of hydrogen-bond donors (Lipinski definition) is 1. The zero-order chi connectivity index (χ0) is 21.3. The minimum Gasteiger partial charge on any atom is -0.463 e. The highest BCUT2D eigenvalue weighted by molar-refractivity contribution is 8.18. The van der Waals surface area contributed by atoms with Crippen molar-refractivity contribution in [2.75, 3.05) is 11.9 Å². The van der Waals surface area contributed by atoms with Gasteiger partial charge >= 0.3 is 0 Å². The SMILES string of the molecule is Cc1cccc(NC(=O)CN2C(=O)S/C(=C\c3coc4ccccc4c3=O)C2=O)c1. The quantitative estimate of drug-likeness (QED) is 0.646. The predicted molar refractivity (Wildman–Crippen MR) is 115 cm³/mol. The van der Waals surface area contributed by atoms with Crippen molar-refractivity contribution >= 4 is 51.5 Å². The lowest BCUT2D eigenvalue weighted by atomic mass is 10.1. The fraction of sp³-hybridized carbons (Fsp3) is 0.0909. The monoisotopic (exact) mass is 420 g/mol. The summed E-state index contributed by atoms with van der Waals surface area (Å²) in [6, 6.07) is 13.9. The summed E-state index contributed by atoms with van der Waals surface area (Å²) in [5.41, 5.74) is 1.83. The average Bonchev–Trinajstić information content (AvgIpc) is 2.97. The van der Waals surface area contributed by atoms with E-state index in [0.717, 1.165) is 10.5 Å². The van der Waals surface area contributed by atoms with Gasteiger partial charge < -0.3 is 9.73 Å². The van der Waals surface area contributed by atoms with Crippen molar-refractivity contribution < 1.29 is 18.8 Å². The van der Waals surface area contributed by atoms with Gasteiger partial charge in [-0.05, 0) is 54.6 Å². The van der Waals surface area contributed by atoms with E-state index in [4.69, 9.17) is 4.42 Å². The summed E-state index contributed by atoms with van der Waals surface area (Å²) < 4.78 is 5.44. The van der Waals surface area contributed by atoms with E-state index in [1.54, 1.807) is 42.5 Å². The first-order chi connectivity index (χ1) is 14.4. The lowest BCUT2D eigenvalue weighted by Gasteiger charge is -2.12. The molecule has 1 fully saturated rings. The molecule has 3 aromatic rings. The Hall–Kier alpha value is -3.65. The second kappa shape index (κ2) is 8.00. The van der Waals surface area contributed by atoms with Crippen LogP contribution in [0.5, 0.6) is 0 Å². The molecule has 0 aliphatic carbocycles. The van der Waals surface area contributed by atoms with Crippen molar-refractivity contribution in [3.63, 3.8) is 0 Å². The number of hydrogen-bond acceptors (Lipinski definition) is 6. The molecule has 2 heterocycles. The highest BCUT2D eigenvalue weighted by atomic mass is 32.2. The molecule has 7 nitrogen and oxygen atoms in total. The molecule has 0 bridgehead atoms. The normalized spacial score (nSPS) is 15.2. The standard InChI is InChI=1S/C22H16N2O5S/c1-13-5-4-6-15(9-13)23-19(25)11-24-21(27)18(30-22(24)28)10-14-12-29-17-8-3-2-7-16(17)20(14)26/h2-10,12H,11H2,1H3,(H,23,25)/b18-10-. The lowest BCUT2D eigenvalue weighted by Crippen LogP contribution is -2.36. The van der Waals surface area contributed by atoms with Crippen LogP contribution in [0.25, 0.3) is 17.0 Å². The summed E-state index contributed by atoms with van der Waals surface area (Å²) in [6.45, 7) is 1.47. The molecular formula is C22H16N2O5S. The molecular weight excluding hydrogens is 404 g/mol. The van der Waals surface area contributed by atoms with E-state index in [9.17, 15) is 19.2 Å². The smallest absolute Gasteiger partial charge is 0.294 e. The Labute approximate surface area is 175 Å². The minimum absolute atomic E-state index is 0.0611. The summed E-state index contributed by atoms with van der Waals surface area (Å²) in [4.78, 5) is 50.7. The summed E-state index contributed by atoms with van der Waals surface area (Å²) in [5.74, 6) is -1.12. The first-order valence-corrected chi connectivity index (χ1v) is 9.86. The van der Waals surface area contributed by atoms with Crippen LogP contribution in [0.1, 0.15) is 11.1 Å². The topological polar surface area (TPSA) is 96.7 Å². The maximum atomic E-state index is 12.6. The van der Waals surface area contributed by atoms with Crippen LogP contribution in [-0.2, 0) is 9.59 Å². The second-order valence-corrected chi connectivity index (χ2v) is 7.70. The molecule has 1 aliphatic rings. The van der Waals surface area contributed by atoms with Crippen LogP contribution in [-0.4, -0.2) is 28.5 Å². The van der Waals surface area contributed by atoms with Crippen LogP contribution in [0.2, 0.25) is 0 Å². The van der Waals surface area contributed by atoms with Crippen molar-refractivity contribution in [2.24, 2.45) is 0 Å². The van der Waals surface area contributed by atoms with Gasteiger partial charge in [0.15, 0.2) is 5.43 Å². The Morgan fingerprint density at radius 3 is 2.73 bits per heavy atom. The van der Waals surface area contributed by atoms with Gasteiger partial charge in [-0.1, -0.05) is 24.3 Å². The highest BCUT2D eigenvalue weighted by Crippen LogP contribution is 2.32. The van der Waals surface area contributed by atoms with Gasteiger partial charge in [-0.15, -0.1) is 0 Å². The summed E-state index contributed by atoms with van der Waals surface area (Å²) in [5, 5.41) is 2.47. The van der Waals surface area contributed by atoms with Crippen LogP contribution in [0.15, 0.2) is 68.9 Å². The van der Waals surface area contributed by atoms with E-state index in [0.29, 0.717) is 28.4 Å². The zero-order valence-corrected chi connectivity index (χ0v) is 16.7. The number of carbonyl (C=O) groups excluding carboxylic acids is 3. The van der Waals surface area contributed by atoms with Gasteiger partial charge in [0.25, 0.3) is 11.1 Å². The molecule has 2 aromatic carbocycles. The molecule has 0 spiro atoms. The lowest BCUT2D eigenvalue weighted by molar-refractivity contribution is -0.127. The average molecular weight is 420 g/mol. The maximum Gasteiger partial charge on any atom is 0.294 e. The van der Waals surface area contributed by atoms with Gasteiger partial charge in [0.05, 0.1) is 15.9 Å². The molecule has 0 saturated carbocycles. The molecule has 1 saturated heterocycles. The second-order valence-electron chi connectivity index (χ2n) is 6.70. The Kier molecular flexibility index (Phi) is 5.24. The first-order valence-electron chi connectivity index (χ1n) is 9.05. The largest absolute Gasteiger partial charge is 0.463 e. The fourth-order valence-corrected chi connectivity index (χ4v) is 3.87. The van der Waals surface area contributed by atoms with Gasteiger partial charge in [0, 0.05) is 5.69 Å². The summed E-state index contributed by atoms with van der Waals surface area (Å²) in [6.07, 6.45) is 2.57. The van der Waals surface area contributed by atoms with Crippen molar-refractivity contribution in [1.29, 1.82) is 0 Å². The molecule has 1 N–H and O–H groups in total. The number of nitrogens with zero attached hydrogens (tertiary/aromatic N) is 1. The van der Waals surface area contributed by atoms with Crippen LogP contribution in [0.4, 0.5) is 10.5 Å². The molecule has 4 rings (SSSR count). The van der Waals surface area contributed by atoms with E-state index in [1.165, 1.54) is 12.3 Å². The number of anilines is 1. The number of imide groups is 1. The molecule has 1 aromatic heterocycles. The van der Waals surface area contributed by atoms with E-state index in [2.05, 4.69) is 5.32 Å². The molecule has 3 amide bonds. The Morgan fingerprint density at radius 2 is 1.93 bits per heavy atom. The maximum absolute atomic E-state index is 12.6. The van der Waals surface area contributed by atoms with Crippen molar-refractivity contribution in [2.45, 2.75) is 6.92 Å². The minimum atomic E-state index is -0.628. The first kappa shape index (κ1) is 19.7. The van der Waals surface area contributed by atoms with Gasteiger partial charge in [-0.2, -0.15) is 0 Å². The number of nitrogens with one attached hydrogen (secondary N) is 1. The molecule has 0 unspecified atom stereocenters. The van der Waals surface area contributed by atoms with E-state index in [-0.39, 0.29) is 15.9 Å². The van der Waals surface area contributed by atoms with E-state index in [1.807, 2.05) is 13.0 Å². The number of benzene rings is 2. The van der Waals surface area contributed by atoms with Crippen LogP contribution in [0.3, 0.4) is 0 Å².